The van der Waals surface area contributed by atoms with E-state index in [1.807, 2.05) is 6.20 Å². The van der Waals surface area contributed by atoms with Crippen LogP contribution in [0, 0.1) is 0 Å². The Morgan fingerprint density at radius 1 is 1.17 bits per heavy atom. The molecule has 0 aliphatic carbocycles. The lowest BCUT2D eigenvalue weighted by Crippen LogP contribution is -2.29. The number of nitrogens with two attached hydrogens (primary N) is 1. The van der Waals surface area contributed by atoms with Crippen LogP contribution in [0.5, 0.6) is 0 Å². The molecule has 0 unspecified atom stereocenters. The normalized spacial score (nSPS) is 15.2. The number of aromatic amines is 1. The molecule has 7 heteroatoms. The number of H-pyrrole nitrogens is 1. The molecule has 0 atom stereocenters. The molecule has 7 nitrogen and oxygen atoms in total. The van der Waals surface area contributed by atoms with Crippen molar-refractivity contribution in [2.24, 2.45) is 0 Å². The van der Waals surface area contributed by atoms with Gasteiger partial charge in [0, 0.05) is 42.7 Å². The highest BCUT2D eigenvalue weighted by Crippen LogP contribution is 2.32. The van der Waals surface area contributed by atoms with E-state index in [0.717, 1.165) is 71.5 Å². The third-order valence-corrected chi connectivity index (χ3v) is 5.56. The topological polar surface area (TPSA) is 102 Å². The van der Waals surface area contributed by atoms with E-state index >= 15 is 0 Å². The van der Waals surface area contributed by atoms with E-state index in [1.165, 1.54) is 0 Å². The van der Waals surface area contributed by atoms with E-state index in [0.29, 0.717) is 17.4 Å². The average molecular weight is 388 g/mol. The number of aromatic nitrogens is 4. The number of hydrogen-bond acceptors (Lipinski definition) is 6. The van der Waals surface area contributed by atoms with E-state index < -0.39 is 0 Å². The zero-order chi connectivity index (χ0) is 19.8. The molecule has 3 aromatic heterocycles. The summed E-state index contributed by atoms with van der Waals surface area (Å²) >= 11 is 0. The number of benzene rings is 1. The molecule has 4 N–H and O–H groups in total. The van der Waals surface area contributed by atoms with Crippen LogP contribution in [-0.4, -0.2) is 39.2 Å². The van der Waals surface area contributed by atoms with Crippen molar-refractivity contribution >= 4 is 33.6 Å². The number of nitrogens with one attached hydrogen (secondary N) is 2. The number of ether oxygens (including phenoxy) is 1. The molecular weight excluding hydrogens is 364 g/mol. The van der Waals surface area contributed by atoms with E-state index in [2.05, 4.69) is 46.5 Å². The molecule has 0 amide bonds. The zero-order valence-electron chi connectivity index (χ0n) is 16.4. The number of fused-ring (bicyclic) bond motifs is 2. The highest BCUT2D eigenvalue weighted by atomic mass is 16.5. The van der Waals surface area contributed by atoms with Crippen molar-refractivity contribution < 1.29 is 4.74 Å². The predicted octanol–water partition coefficient (Wildman–Crippen LogP) is 3.91. The van der Waals surface area contributed by atoms with E-state index in [-0.39, 0.29) is 0 Å². The minimum absolute atomic E-state index is 0.347. The number of anilines is 2. The summed E-state index contributed by atoms with van der Waals surface area (Å²) in [5.74, 6) is 1.24. The second kappa shape index (κ2) is 7.33. The Morgan fingerprint density at radius 2 is 2.03 bits per heavy atom. The van der Waals surface area contributed by atoms with Gasteiger partial charge in [0.25, 0.3) is 0 Å². The highest BCUT2D eigenvalue weighted by Gasteiger charge is 2.19. The second-order valence-electron chi connectivity index (χ2n) is 7.44. The fourth-order valence-electron chi connectivity index (χ4n) is 3.92. The van der Waals surface area contributed by atoms with E-state index in [1.54, 1.807) is 6.20 Å². The number of hydrogen-bond donors (Lipinski definition) is 3. The summed E-state index contributed by atoms with van der Waals surface area (Å²) in [6.07, 6.45) is 6.45. The number of nitrogens with zero attached hydrogens (tertiary/aromatic N) is 3. The van der Waals surface area contributed by atoms with Crippen molar-refractivity contribution in [3.63, 3.8) is 0 Å². The Balaban J connectivity index is 1.65. The zero-order valence-corrected chi connectivity index (χ0v) is 16.4. The summed E-state index contributed by atoms with van der Waals surface area (Å²) in [4.78, 5) is 17.5. The van der Waals surface area contributed by atoms with Crippen molar-refractivity contribution in [2.75, 3.05) is 24.3 Å². The Kier molecular flexibility index (Phi) is 4.52. The number of pyridine rings is 1. The van der Waals surface area contributed by atoms with Gasteiger partial charge in [-0.2, -0.15) is 0 Å². The van der Waals surface area contributed by atoms with Gasteiger partial charge in [-0.05, 0) is 48.4 Å². The van der Waals surface area contributed by atoms with Crippen molar-refractivity contribution in [2.45, 2.75) is 32.2 Å². The van der Waals surface area contributed by atoms with Crippen molar-refractivity contribution in [1.29, 1.82) is 0 Å². The minimum Gasteiger partial charge on any atom is -0.382 e. The SMILES string of the molecule is CCc1nc2c(N)ncc(-c3ccc4[nH]ccc4c3)c2nc1NC1CCOCC1. The van der Waals surface area contributed by atoms with Crippen molar-refractivity contribution in [1.82, 2.24) is 19.9 Å². The Morgan fingerprint density at radius 3 is 2.86 bits per heavy atom. The lowest BCUT2D eigenvalue weighted by molar-refractivity contribution is 0.0903. The summed E-state index contributed by atoms with van der Waals surface area (Å²) in [5, 5.41) is 4.74. The molecule has 5 rings (SSSR count). The lowest BCUT2D eigenvalue weighted by atomic mass is 10.0. The Labute approximate surface area is 168 Å². The molecular formula is C22H24N6O. The minimum atomic E-state index is 0.347. The first-order valence-corrected chi connectivity index (χ1v) is 10.1. The van der Waals surface area contributed by atoms with Gasteiger partial charge in [0.15, 0.2) is 5.82 Å². The maximum absolute atomic E-state index is 6.18. The Hall–Kier alpha value is -3.19. The summed E-state index contributed by atoms with van der Waals surface area (Å²) in [6, 6.07) is 8.69. The summed E-state index contributed by atoms with van der Waals surface area (Å²) in [7, 11) is 0. The molecule has 0 saturated carbocycles. The molecule has 29 heavy (non-hydrogen) atoms. The van der Waals surface area contributed by atoms with Crippen LogP contribution < -0.4 is 11.1 Å². The van der Waals surface area contributed by atoms with Crippen LogP contribution >= 0.6 is 0 Å². The Bertz CT molecular complexity index is 1180. The molecule has 1 aromatic carbocycles. The summed E-state index contributed by atoms with van der Waals surface area (Å²) in [6.45, 7) is 3.64. The second-order valence-corrected chi connectivity index (χ2v) is 7.44. The molecule has 1 fully saturated rings. The first-order valence-electron chi connectivity index (χ1n) is 10.1. The molecule has 1 saturated heterocycles. The monoisotopic (exact) mass is 388 g/mol. The van der Waals surface area contributed by atoms with Gasteiger partial charge in [-0.25, -0.2) is 15.0 Å². The third-order valence-electron chi connectivity index (χ3n) is 5.56. The number of aryl methyl sites for hydroxylation is 1. The lowest BCUT2D eigenvalue weighted by Gasteiger charge is -2.24. The van der Waals surface area contributed by atoms with Gasteiger partial charge in [0.2, 0.25) is 0 Å². The van der Waals surface area contributed by atoms with Crippen LogP contribution in [0.15, 0.2) is 36.7 Å². The van der Waals surface area contributed by atoms with Gasteiger partial charge < -0.3 is 20.8 Å². The van der Waals surface area contributed by atoms with Gasteiger partial charge in [-0.1, -0.05) is 13.0 Å². The summed E-state index contributed by atoms with van der Waals surface area (Å²) < 4.78 is 5.48. The van der Waals surface area contributed by atoms with Crippen LogP contribution in [-0.2, 0) is 11.2 Å². The van der Waals surface area contributed by atoms with Crippen LogP contribution in [0.1, 0.15) is 25.5 Å². The smallest absolute Gasteiger partial charge is 0.151 e. The summed E-state index contributed by atoms with van der Waals surface area (Å²) in [5.41, 5.74) is 11.6. The predicted molar refractivity (Wildman–Crippen MR) is 116 cm³/mol. The molecule has 4 heterocycles. The molecule has 0 spiro atoms. The van der Waals surface area contributed by atoms with Gasteiger partial charge in [0.05, 0.1) is 5.69 Å². The fourth-order valence-corrected chi connectivity index (χ4v) is 3.92. The van der Waals surface area contributed by atoms with E-state index in [4.69, 9.17) is 20.4 Å². The van der Waals surface area contributed by atoms with Crippen LogP contribution in [0.2, 0.25) is 0 Å². The fraction of sp³-hybridized carbons (Fsp3) is 0.318. The van der Waals surface area contributed by atoms with Crippen LogP contribution in [0.25, 0.3) is 33.1 Å². The number of nitrogen functional groups attached to an aromatic ring is 1. The van der Waals surface area contributed by atoms with Crippen molar-refractivity contribution in [3.05, 3.63) is 42.4 Å². The maximum Gasteiger partial charge on any atom is 0.151 e. The molecule has 0 bridgehead atoms. The van der Waals surface area contributed by atoms with Gasteiger partial charge in [-0.15, -0.1) is 0 Å². The molecule has 1 aliphatic rings. The molecule has 4 aromatic rings. The molecule has 1 aliphatic heterocycles. The molecule has 148 valence electrons. The maximum atomic E-state index is 6.18. The largest absolute Gasteiger partial charge is 0.382 e. The van der Waals surface area contributed by atoms with Crippen molar-refractivity contribution in [3.8, 4) is 11.1 Å². The van der Waals surface area contributed by atoms with Gasteiger partial charge in [0.1, 0.15) is 16.9 Å². The third kappa shape index (κ3) is 3.27. The van der Waals surface area contributed by atoms with Crippen LogP contribution in [0.4, 0.5) is 11.6 Å². The van der Waals surface area contributed by atoms with Gasteiger partial charge in [-0.3, -0.25) is 0 Å². The average Bonchev–Trinajstić information content (AvgIpc) is 3.22. The first kappa shape index (κ1) is 17.9. The van der Waals surface area contributed by atoms with Crippen LogP contribution in [0.3, 0.4) is 0 Å². The number of rotatable bonds is 4. The highest BCUT2D eigenvalue weighted by molar-refractivity contribution is 5.98. The van der Waals surface area contributed by atoms with E-state index in [9.17, 15) is 0 Å². The van der Waals surface area contributed by atoms with Gasteiger partial charge >= 0.3 is 0 Å². The first-order chi connectivity index (χ1) is 14.2. The standard InChI is InChI=1S/C22H24N6O/c1-2-17-22(26-15-6-9-29-10-7-15)28-19-16(12-25-21(23)20(19)27-17)13-3-4-18-14(11-13)5-8-24-18/h3-5,8,11-12,15,24H,2,6-7,9-10H2,1H3,(H2,23,25)(H,26,28). The molecule has 0 radical (unpaired) electrons. The quantitative estimate of drug-likeness (QED) is 0.490.